The van der Waals surface area contributed by atoms with Crippen molar-refractivity contribution in [2.75, 3.05) is 5.32 Å². The molecule has 0 radical (unpaired) electrons. The normalized spacial score (nSPS) is 10.7. The highest BCUT2D eigenvalue weighted by Gasteiger charge is 2.09. The van der Waals surface area contributed by atoms with Crippen LogP contribution in [0.25, 0.3) is 6.08 Å². The topological polar surface area (TPSA) is 95.1 Å². The molecule has 23 heavy (non-hydrogen) atoms. The maximum atomic E-state index is 12.0. The lowest BCUT2D eigenvalue weighted by Gasteiger charge is -2.04. The van der Waals surface area contributed by atoms with Crippen LogP contribution in [0.3, 0.4) is 0 Å². The number of amides is 2. The average Bonchev–Trinajstić information content (AvgIpc) is 3.04. The fourth-order valence-corrected chi connectivity index (χ4v) is 1.86. The molecule has 0 atom stereocenters. The highest BCUT2D eigenvalue weighted by Crippen LogP contribution is 2.13. The largest absolute Gasteiger partial charge is 0.467 e. The molecule has 0 fully saturated rings. The van der Waals surface area contributed by atoms with Crippen molar-refractivity contribution in [2.45, 2.75) is 13.5 Å². The van der Waals surface area contributed by atoms with E-state index in [4.69, 9.17) is 9.68 Å². The Kier molecular flexibility index (Phi) is 5.31. The van der Waals surface area contributed by atoms with Gasteiger partial charge in [-0.25, -0.2) is 0 Å². The molecule has 2 amide bonds. The van der Waals surface area contributed by atoms with Crippen molar-refractivity contribution in [3.05, 3.63) is 59.6 Å². The predicted molar refractivity (Wildman–Crippen MR) is 84.9 cm³/mol. The van der Waals surface area contributed by atoms with Crippen molar-refractivity contribution >= 4 is 23.6 Å². The monoisotopic (exact) mass is 309 g/mol. The van der Waals surface area contributed by atoms with Gasteiger partial charge in [-0.3, -0.25) is 9.59 Å². The summed E-state index contributed by atoms with van der Waals surface area (Å²) >= 11 is 0. The number of nitrogens with one attached hydrogen (secondary N) is 2. The fraction of sp³-hybridized carbons (Fsp3) is 0.118. The minimum atomic E-state index is -0.477. The molecule has 0 unspecified atom stereocenters. The first-order valence-electron chi connectivity index (χ1n) is 6.88. The van der Waals surface area contributed by atoms with Gasteiger partial charge < -0.3 is 15.1 Å². The van der Waals surface area contributed by atoms with E-state index >= 15 is 0 Å². The van der Waals surface area contributed by atoms with Crippen LogP contribution in [0.1, 0.15) is 18.2 Å². The third-order valence-electron chi connectivity index (χ3n) is 2.91. The van der Waals surface area contributed by atoms with E-state index in [1.165, 1.54) is 19.3 Å². The van der Waals surface area contributed by atoms with Crippen LogP contribution in [-0.2, 0) is 16.1 Å². The second-order valence-electron chi connectivity index (χ2n) is 4.74. The smallest absolute Gasteiger partial charge is 0.262 e. The van der Waals surface area contributed by atoms with Crippen molar-refractivity contribution in [2.24, 2.45) is 0 Å². The molecule has 1 aromatic carbocycles. The van der Waals surface area contributed by atoms with Crippen molar-refractivity contribution in [3.8, 4) is 6.07 Å². The molecule has 0 aliphatic rings. The zero-order chi connectivity index (χ0) is 16.7. The molecule has 0 spiro atoms. The van der Waals surface area contributed by atoms with Gasteiger partial charge >= 0.3 is 0 Å². The Morgan fingerprint density at radius 3 is 2.57 bits per heavy atom. The molecule has 2 N–H and O–H groups in total. The third-order valence-corrected chi connectivity index (χ3v) is 2.91. The van der Waals surface area contributed by atoms with Gasteiger partial charge in [0.2, 0.25) is 5.91 Å². The summed E-state index contributed by atoms with van der Waals surface area (Å²) in [5.41, 5.74) is 1.32. The van der Waals surface area contributed by atoms with Crippen LogP contribution in [0.5, 0.6) is 0 Å². The summed E-state index contributed by atoms with van der Waals surface area (Å²) < 4.78 is 5.11. The lowest BCUT2D eigenvalue weighted by atomic mass is 10.1. The number of furan rings is 1. The molecular formula is C17H15N3O3. The summed E-state index contributed by atoms with van der Waals surface area (Å²) in [7, 11) is 0. The summed E-state index contributed by atoms with van der Waals surface area (Å²) in [5.74, 6) is -0.0338. The first-order chi connectivity index (χ1) is 11.1. The van der Waals surface area contributed by atoms with Crippen molar-refractivity contribution in [1.29, 1.82) is 5.26 Å². The molecule has 6 heteroatoms. The Morgan fingerprint density at radius 2 is 2.00 bits per heavy atom. The number of nitrogens with zero attached hydrogens (tertiary/aromatic N) is 1. The van der Waals surface area contributed by atoms with Crippen molar-refractivity contribution < 1.29 is 14.0 Å². The first-order valence-corrected chi connectivity index (χ1v) is 6.88. The van der Waals surface area contributed by atoms with Gasteiger partial charge in [-0.2, -0.15) is 5.26 Å². The van der Waals surface area contributed by atoms with E-state index in [1.54, 1.807) is 36.4 Å². The number of benzene rings is 1. The average molecular weight is 309 g/mol. The number of carbonyl (C=O) groups is 2. The van der Waals surface area contributed by atoms with E-state index in [2.05, 4.69) is 10.6 Å². The highest BCUT2D eigenvalue weighted by molar-refractivity contribution is 6.01. The van der Waals surface area contributed by atoms with Crippen LogP contribution >= 0.6 is 0 Å². The molecule has 2 rings (SSSR count). The Bertz CT molecular complexity index is 753. The van der Waals surface area contributed by atoms with Crippen LogP contribution in [0.15, 0.2) is 52.7 Å². The molecular weight excluding hydrogens is 294 g/mol. The van der Waals surface area contributed by atoms with E-state index in [-0.39, 0.29) is 18.0 Å². The third kappa shape index (κ3) is 4.86. The van der Waals surface area contributed by atoms with E-state index in [9.17, 15) is 9.59 Å². The number of hydrogen-bond donors (Lipinski definition) is 2. The maximum absolute atomic E-state index is 12.0. The van der Waals surface area contributed by atoms with Crippen LogP contribution in [0.4, 0.5) is 5.69 Å². The zero-order valence-electron chi connectivity index (χ0n) is 12.5. The van der Waals surface area contributed by atoms with Crippen LogP contribution < -0.4 is 10.6 Å². The lowest BCUT2D eigenvalue weighted by Crippen LogP contribution is -2.23. The zero-order valence-corrected chi connectivity index (χ0v) is 12.5. The first kappa shape index (κ1) is 16.0. The van der Waals surface area contributed by atoms with Crippen LogP contribution in [-0.4, -0.2) is 11.8 Å². The molecule has 116 valence electrons. The van der Waals surface area contributed by atoms with E-state index in [1.807, 2.05) is 6.07 Å². The summed E-state index contributed by atoms with van der Waals surface area (Å²) in [5, 5.41) is 14.4. The Labute approximate surface area is 133 Å². The number of nitriles is 1. The summed E-state index contributed by atoms with van der Waals surface area (Å²) in [6.07, 6.45) is 2.99. The number of rotatable bonds is 5. The van der Waals surface area contributed by atoms with Crippen molar-refractivity contribution in [1.82, 2.24) is 5.32 Å². The van der Waals surface area contributed by atoms with Crippen LogP contribution in [0.2, 0.25) is 0 Å². The molecule has 1 heterocycles. The second kappa shape index (κ2) is 7.61. The van der Waals surface area contributed by atoms with Gasteiger partial charge in [0, 0.05) is 12.6 Å². The molecule has 0 saturated carbocycles. The van der Waals surface area contributed by atoms with Gasteiger partial charge in [-0.15, -0.1) is 0 Å². The summed E-state index contributed by atoms with van der Waals surface area (Å²) in [4.78, 5) is 22.9. The van der Waals surface area contributed by atoms with Gasteiger partial charge in [0.25, 0.3) is 5.91 Å². The van der Waals surface area contributed by atoms with E-state index in [0.29, 0.717) is 17.0 Å². The Balaban J connectivity index is 2.04. The fourth-order valence-electron chi connectivity index (χ4n) is 1.86. The Hall–Kier alpha value is -3.33. The summed E-state index contributed by atoms with van der Waals surface area (Å²) in [6, 6.07) is 12.1. The van der Waals surface area contributed by atoms with Gasteiger partial charge in [0.1, 0.15) is 17.4 Å². The van der Waals surface area contributed by atoms with Crippen molar-refractivity contribution in [3.63, 3.8) is 0 Å². The molecule has 0 saturated heterocycles. The van der Waals surface area contributed by atoms with Gasteiger partial charge in [-0.05, 0) is 35.9 Å². The second-order valence-corrected chi connectivity index (χ2v) is 4.74. The molecule has 0 aliphatic carbocycles. The summed E-state index contributed by atoms with van der Waals surface area (Å²) in [6.45, 7) is 1.64. The number of hydrogen-bond acceptors (Lipinski definition) is 4. The molecule has 0 aliphatic heterocycles. The van der Waals surface area contributed by atoms with Gasteiger partial charge in [0.15, 0.2) is 0 Å². The lowest BCUT2D eigenvalue weighted by molar-refractivity contribution is -0.117. The highest BCUT2D eigenvalue weighted by atomic mass is 16.3. The predicted octanol–water partition coefficient (Wildman–Crippen LogP) is 2.46. The minimum absolute atomic E-state index is 0.0103. The number of anilines is 1. The van der Waals surface area contributed by atoms with E-state index < -0.39 is 5.91 Å². The molecule has 1 aromatic heterocycles. The maximum Gasteiger partial charge on any atom is 0.262 e. The quantitative estimate of drug-likeness (QED) is 0.655. The van der Waals surface area contributed by atoms with E-state index in [0.717, 1.165) is 0 Å². The SMILES string of the molecule is CC(=O)Nc1ccc(C=C(C#N)C(=O)NCc2ccco2)cc1. The number of carbonyl (C=O) groups excluding carboxylic acids is 2. The van der Waals surface area contributed by atoms with Crippen LogP contribution in [0, 0.1) is 11.3 Å². The minimum Gasteiger partial charge on any atom is -0.467 e. The van der Waals surface area contributed by atoms with Gasteiger partial charge in [0.05, 0.1) is 12.8 Å². The molecule has 2 aromatic rings. The molecule has 6 nitrogen and oxygen atoms in total. The van der Waals surface area contributed by atoms with Gasteiger partial charge in [-0.1, -0.05) is 12.1 Å². The molecule has 0 bridgehead atoms. The Morgan fingerprint density at radius 1 is 1.26 bits per heavy atom. The standard InChI is InChI=1S/C17H15N3O3/c1-12(21)20-15-6-4-13(5-7-15)9-14(10-18)17(22)19-11-16-3-2-8-23-16/h2-9H,11H2,1H3,(H,19,22)(H,20,21).